The quantitative estimate of drug-likeness (QED) is 0.943. The summed E-state index contributed by atoms with van der Waals surface area (Å²) in [5.74, 6) is 0.273. The number of benzene rings is 1. The van der Waals surface area contributed by atoms with Gasteiger partial charge in [0, 0.05) is 25.1 Å². The minimum atomic E-state index is -4.49. The van der Waals surface area contributed by atoms with Gasteiger partial charge in [-0.25, -0.2) is 0 Å². The summed E-state index contributed by atoms with van der Waals surface area (Å²) in [6.45, 7) is 1.64. The molecular formula is C14H15F3N2O2. The molecule has 1 amide bonds. The molecular weight excluding hydrogens is 285 g/mol. The molecule has 0 fully saturated rings. The van der Waals surface area contributed by atoms with E-state index in [-0.39, 0.29) is 22.5 Å². The normalized spacial score (nSPS) is 11.7. The van der Waals surface area contributed by atoms with Crippen molar-refractivity contribution in [3.8, 4) is 5.75 Å². The lowest BCUT2D eigenvalue weighted by atomic mass is 10.1. The maximum absolute atomic E-state index is 13.0. The Hall–Kier alpha value is -2.18. The maximum atomic E-state index is 13.0. The number of aromatic nitrogens is 1. The van der Waals surface area contributed by atoms with Gasteiger partial charge in [-0.1, -0.05) is 0 Å². The Balaban J connectivity index is 2.45. The lowest BCUT2D eigenvalue weighted by Gasteiger charge is -2.09. The second-order valence-corrected chi connectivity index (χ2v) is 4.61. The van der Waals surface area contributed by atoms with Crippen LogP contribution in [0.4, 0.5) is 13.2 Å². The number of ether oxygens (including phenoxy) is 1. The van der Waals surface area contributed by atoms with Crippen molar-refractivity contribution in [2.45, 2.75) is 19.6 Å². The molecule has 0 radical (unpaired) electrons. The van der Waals surface area contributed by atoms with E-state index in [2.05, 4.69) is 5.32 Å². The van der Waals surface area contributed by atoms with Crippen LogP contribution in [-0.4, -0.2) is 24.1 Å². The first-order valence-corrected chi connectivity index (χ1v) is 6.32. The average molecular weight is 300 g/mol. The highest BCUT2D eigenvalue weighted by Crippen LogP contribution is 2.33. The van der Waals surface area contributed by atoms with Crippen LogP contribution in [0.5, 0.6) is 5.75 Å². The van der Waals surface area contributed by atoms with Gasteiger partial charge in [0.05, 0.1) is 12.6 Å². The molecule has 1 aromatic carbocycles. The zero-order chi connectivity index (χ0) is 15.6. The predicted octanol–water partition coefficient (Wildman–Crippen LogP) is 2.80. The standard InChI is InChI=1S/C14H15F3N2O2/c1-9(20)18-6-5-10-8-19(14(15,16)17)13-4-3-11(21-2)7-12(10)13/h3-4,7-8H,5-6H2,1-2H3,(H,18,20). The Morgan fingerprint density at radius 1 is 1.38 bits per heavy atom. The number of hydrogen-bond acceptors (Lipinski definition) is 2. The van der Waals surface area contributed by atoms with Gasteiger partial charge in [0.2, 0.25) is 5.91 Å². The van der Waals surface area contributed by atoms with Crippen LogP contribution in [0.1, 0.15) is 12.5 Å². The van der Waals surface area contributed by atoms with Gasteiger partial charge >= 0.3 is 6.30 Å². The zero-order valence-corrected chi connectivity index (χ0v) is 11.6. The fourth-order valence-corrected chi connectivity index (χ4v) is 2.19. The Morgan fingerprint density at radius 3 is 2.67 bits per heavy atom. The Labute approximate surface area is 119 Å². The van der Waals surface area contributed by atoms with Crippen LogP contribution in [0.15, 0.2) is 24.4 Å². The minimum absolute atomic E-state index is 0.0705. The smallest absolute Gasteiger partial charge is 0.488 e. The highest BCUT2D eigenvalue weighted by atomic mass is 19.4. The van der Waals surface area contributed by atoms with Gasteiger partial charge in [-0.2, -0.15) is 0 Å². The number of alkyl halides is 3. The SMILES string of the molecule is COc1ccc2c(c1)c(CCNC(C)=O)cn2C(F)(F)F. The summed E-state index contributed by atoms with van der Waals surface area (Å²) in [6.07, 6.45) is -3.11. The molecule has 2 rings (SSSR count). The van der Waals surface area contributed by atoms with E-state index in [1.165, 1.54) is 26.2 Å². The van der Waals surface area contributed by atoms with Gasteiger partial charge in [-0.15, -0.1) is 13.2 Å². The van der Waals surface area contributed by atoms with Gasteiger partial charge in [0.15, 0.2) is 0 Å². The molecule has 0 spiro atoms. The van der Waals surface area contributed by atoms with Crippen molar-refractivity contribution < 1.29 is 22.7 Å². The summed E-state index contributed by atoms with van der Waals surface area (Å²) < 4.78 is 44.4. The van der Waals surface area contributed by atoms with E-state index in [4.69, 9.17) is 4.74 Å². The average Bonchev–Trinajstić information content (AvgIpc) is 2.76. The summed E-state index contributed by atoms with van der Waals surface area (Å²) >= 11 is 0. The number of carbonyl (C=O) groups excluding carboxylic acids is 1. The van der Waals surface area contributed by atoms with Crippen molar-refractivity contribution in [1.29, 1.82) is 0 Å². The van der Waals surface area contributed by atoms with E-state index >= 15 is 0 Å². The maximum Gasteiger partial charge on any atom is 0.488 e. The van der Waals surface area contributed by atoms with Crippen molar-refractivity contribution in [3.05, 3.63) is 30.0 Å². The van der Waals surface area contributed by atoms with E-state index in [0.717, 1.165) is 6.20 Å². The van der Waals surface area contributed by atoms with E-state index in [1.54, 1.807) is 6.07 Å². The third-order valence-electron chi connectivity index (χ3n) is 3.14. The van der Waals surface area contributed by atoms with Gasteiger partial charge in [0.1, 0.15) is 5.75 Å². The molecule has 0 atom stereocenters. The molecule has 114 valence electrons. The van der Waals surface area contributed by atoms with Crippen LogP contribution >= 0.6 is 0 Å². The molecule has 0 aliphatic carbocycles. The summed E-state index contributed by atoms with van der Waals surface area (Å²) in [5.41, 5.74) is 0.580. The number of nitrogens with one attached hydrogen (secondary N) is 1. The molecule has 4 nitrogen and oxygen atoms in total. The van der Waals surface area contributed by atoms with Crippen molar-refractivity contribution in [2.24, 2.45) is 0 Å². The molecule has 21 heavy (non-hydrogen) atoms. The van der Waals surface area contributed by atoms with E-state index in [0.29, 0.717) is 23.1 Å². The number of hydrogen-bond donors (Lipinski definition) is 1. The molecule has 1 heterocycles. The fraction of sp³-hybridized carbons (Fsp3) is 0.357. The predicted molar refractivity (Wildman–Crippen MR) is 72.2 cm³/mol. The van der Waals surface area contributed by atoms with Crippen LogP contribution < -0.4 is 10.1 Å². The molecule has 0 saturated carbocycles. The molecule has 0 bridgehead atoms. The van der Waals surface area contributed by atoms with Crippen molar-refractivity contribution in [2.75, 3.05) is 13.7 Å². The van der Waals surface area contributed by atoms with Crippen LogP contribution in [0.25, 0.3) is 10.9 Å². The minimum Gasteiger partial charge on any atom is -0.497 e. The molecule has 0 unspecified atom stereocenters. The van der Waals surface area contributed by atoms with Gasteiger partial charge < -0.3 is 10.1 Å². The van der Waals surface area contributed by atoms with Crippen LogP contribution in [0, 0.1) is 0 Å². The summed E-state index contributed by atoms with van der Waals surface area (Å²) in [5, 5.41) is 3.04. The number of rotatable bonds is 4. The van der Waals surface area contributed by atoms with Crippen LogP contribution in [0.3, 0.4) is 0 Å². The first kappa shape index (κ1) is 15.2. The number of carbonyl (C=O) groups is 1. The van der Waals surface area contributed by atoms with Gasteiger partial charge in [0.25, 0.3) is 0 Å². The lowest BCUT2D eigenvalue weighted by molar-refractivity contribution is -0.200. The summed E-state index contributed by atoms with van der Waals surface area (Å²) in [6, 6.07) is 4.44. The van der Waals surface area contributed by atoms with Crippen molar-refractivity contribution in [1.82, 2.24) is 9.88 Å². The molecule has 0 aliphatic rings. The lowest BCUT2D eigenvalue weighted by Crippen LogP contribution is -2.22. The summed E-state index contributed by atoms with van der Waals surface area (Å²) in [4.78, 5) is 10.8. The molecule has 2 aromatic rings. The third-order valence-corrected chi connectivity index (χ3v) is 3.14. The van der Waals surface area contributed by atoms with Gasteiger partial charge in [-0.05, 0) is 30.2 Å². The highest BCUT2D eigenvalue weighted by Gasteiger charge is 2.32. The molecule has 1 N–H and O–H groups in total. The molecule has 1 aromatic heterocycles. The Kier molecular flexibility index (Phi) is 4.11. The largest absolute Gasteiger partial charge is 0.497 e. The highest BCUT2D eigenvalue weighted by molar-refractivity contribution is 5.85. The number of fused-ring (bicyclic) bond motifs is 1. The number of methoxy groups -OCH3 is 1. The topological polar surface area (TPSA) is 43.3 Å². The van der Waals surface area contributed by atoms with Crippen LogP contribution in [-0.2, 0) is 17.5 Å². The van der Waals surface area contributed by atoms with E-state index in [1.807, 2.05) is 0 Å². The van der Waals surface area contributed by atoms with Gasteiger partial charge in [-0.3, -0.25) is 9.36 Å². The first-order valence-electron chi connectivity index (χ1n) is 6.32. The first-order chi connectivity index (χ1) is 9.82. The molecule has 7 heteroatoms. The molecule has 0 saturated heterocycles. The zero-order valence-electron chi connectivity index (χ0n) is 11.6. The number of amides is 1. The summed E-state index contributed by atoms with van der Waals surface area (Å²) in [7, 11) is 1.46. The second kappa shape index (κ2) is 5.67. The van der Waals surface area contributed by atoms with Crippen molar-refractivity contribution >= 4 is 16.8 Å². The molecule has 0 aliphatic heterocycles. The van der Waals surface area contributed by atoms with E-state index in [9.17, 15) is 18.0 Å². The second-order valence-electron chi connectivity index (χ2n) is 4.61. The number of halogens is 3. The Bertz CT molecular complexity index is 662. The number of nitrogens with zero attached hydrogens (tertiary/aromatic N) is 1. The third kappa shape index (κ3) is 3.29. The van der Waals surface area contributed by atoms with Crippen molar-refractivity contribution in [3.63, 3.8) is 0 Å². The fourth-order valence-electron chi connectivity index (χ4n) is 2.19. The Morgan fingerprint density at radius 2 is 2.10 bits per heavy atom. The van der Waals surface area contributed by atoms with Crippen LogP contribution in [0.2, 0.25) is 0 Å². The van der Waals surface area contributed by atoms with E-state index < -0.39 is 6.30 Å². The monoisotopic (exact) mass is 300 g/mol.